The second kappa shape index (κ2) is 21.0. The number of esters is 6. The summed E-state index contributed by atoms with van der Waals surface area (Å²) in [6.07, 6.45) is 7.99. The van der Waals surface area contributed by atoms with Gasteiger partial charge in [-0.2, -0.15) is 0 Å². The van der Waals surface area contributed by atoms with Crippen molar-refractivity contribution in [1.82, 2.24) is 0 Å². The van der Waals surface area contributed by atoms with Crippen LogP contribution >= 0.6 is 0 Å². The predicted octanol–water partition coefficient (Wildman–Crippen LogP) is 8.65. The van der Waals surface area contributed by atoms with Crippen LogP contribution in [-0.2, 0) is 56.3 Å². The molecule has 2 fully saturated rings. The average molecular weight is 913 g/mol. The third kappa shape index (κ3) is 10.7. The van der Waals surface area contributed by atoms with Crippen molar-refractivity contribution in [2.75, 3.05) is 13.6 Å². The highest BCUT2D eigenvalue weighted by molar-refractivity contribution is 5.96. The molecule has 4 aliphatic rings. The first-order chi connectivity index (χ1) is 32.5. The molecule has 0 heterocycles. The molecule has 4 aliphatic carbocycles. The Hall–Kier alpha value is -7.22. The van der Waals surface area contributed by atoms with Crippen molar-refractivity contribution in [2.24, 2.45) is 0 Å². The fraction of sp³-hybridized carbons (Fsp3) is 0.358. The lowest BCUT2D eigenvalue weighted by Gasteiger charge is -2.32. The molecule has 67 heavy (non-hydrogen) atoms. The molecule has 0 unspecified atom stereocenters. The molecule has 0 aromatic heterocycles. The van der Waals surface area contributed by atoms with Crippen LogP contribution in [0.25, 0.3) is 0 Å². The zero-order chi connectivity index (χ0) is 46.9. The highest BCUT2D eigenvalue weighted by atomic mass is 16.7. The number of aryl methyl sites for hydroxylation is 2. The van der Waals surface area contributed by atoms with Gasteiger partial charge < -0.3 is 37.9 Å². The third-order valence-corrected chi connectivity index (χ3v) is 13.0. The minimum atomic E-state index is -0.605. The fourth-order valence-corrected chi connectivity index (χ4v) is 9.74. The van der Waals surface area contributed by atoms with Crippen LogP contribution < -0.4 is 9.47 Å². The third-order valence-electron chi connectivity index (χ3n) is 13.0. The first kappa shape index (κ1) is 46.3. The van der Waals surface area contributed by atoms with Gasteiger partial charge in [-0.05, 0) is 160 Å². The van der Waals surface area contributed by atoms with Crippen molar-refractivity contribution in [2.45, 2.75) is 107 Å². The molecule has 4 aromatic carbocycles. The average Bonchev–Trinajstić information content (AvgIpc) is 3.93. The summed E-state index contributed by atoms with van der Waals surface area (Å²) in [4.78, 5) is 76.6. The Labute approximate surface area is 388 Å². The number of fused-ring (bicyclic) bond motifs is 4. The SMILES string of the molecule is C=CC(=O)OCOc1ccc(C(=O)OC2CCC(OC(=O)c3cccc4c3C3(CC4)CCc4cccc(C(=O)OC5CCC(OC(=O)c6ccc(OCOC(=O)C=C)cc6)CC5)c43)CC2)cc1. The highest BCUT2D eigenvalue weighted by Crippen LogP contribution is 2.55. The van der Waals surface area contributed by atoms with Crippen LogP contribution in [0.2, 0.25) is 0 Å². The summed E-state index contributed by atoms with van der Waals surface area (Å²) < 4.78 is 44.3. The molecule has 0 saturated heterocycles. The second-order valence-corrected chi connectivity index (χ2v) is 17.1. The summed E-state index contributed by atoms with van der Waals surface area (Å²) in [5, 5.41) is 0. The molecule has 0 N–H and O–H groups in total. The van der Waals surface area contributed by atoms with Crippen molar-refractivity contribution in [3.05, 3.63) is 155 Å². The van der Waals surface area contributed by atoms with Gasteiger partial charge in [0, 0.05) is 17.6 Å². The van der Waals surface area contributed by atoms with Gasteiger partial charge >= 0.3 is 35.8 Å². The van der Waals surface area contributed by atoms with Gasteiger partial charge in [0.05, 0.1) is 22.3 Å². The quantitative estimate of drug-likeness (QED) is 0.0452. The summed E-state index contributed by atoms with van der Waals surface area (Å²) in [7, 11) is 0. The number of hydrogen-bond donors (Lipinski definition) is 0. The van der Waals surface area contributed by atoms with Gasteiger partial charge in [0.1, 0.15) is 35.9 Å². The first-order valence-electron chi connectivity index (χ1n) is 22.7. The van der Waals surface area contributed by atoms with Crippen LogP contribution in [-0.4, -0.2) is 73.8 Å². The number of benzene rings is 4. The molecule has 0 amide bonds. The predicted molar refractivity (Wildman–Crippen MR) is 241 cm³/mol. The van der Waals surface area contributed by atoms with E-state index >= 15 is 0 Å². The van der Waals surface area contributed by atoms with E-state index < -0.39 is 41.2 Å². The molecule has 0 aliphatic heterocycles. The van der Waals surface area contributed by atoms with Crippen LogP contribution in [0.5, 0.6) is 11.5 Å². The van der Waals surface area contributed by atoms with E-state index in [1.165, 1.54) is 0 Å². The van der Waals surface area contributed by atoms with E-state index in [0.717, 1.165) is 60.1 Å². The standard InChI is InChI=1S/C53H52O14/c1-3-45(54)62-31-60-37-15-11-35(12-16-37)49(56)64-39-19-23-41(24-20-39)66-51(58)43-9-5-7-33-27-29-53(47(33)43)30-28-34-8-6-10-44(48(34)53)52(59)67-42-25-21-40(22-26-42)65-50(57)36-13-17-38(18-14-36)61-32-63-46(55)4-2/h3-18,39-42H,1-2,19-32H2. The van der Waals surface area contributed by atoms with Gasteiger partial charge in [-0.25, -0.2) is 28.8 Å². The summed E-state index contributed by atoms with van der Waals surface area (Å²) >= 11 is 0. The lowest BCUT2D eigenvalue weighted by Crippen LogP contribution is -2.32. The molecule has 1 spiro atoms. The second-order valence-electron chi connectivity index (χ2n) is 17.1. The van der Waals surface area contributed by atoms with E-state index in [0.29, 0.717) is 85.1 Å². The Kier molecular flexibility index (Phi) is 14.5. The smallest absolute Gasteiger partial charge is 0.338 e. The largest absolute Gasteiger partial charge is 0.459 e. The van der Waals surface area contributed by atoms with E-state index in [2.05, 4.69) is 25.3 Å². The maximum absolute atomic E-state index is 14.2. The lowest BCUT2D eigenvalue weighted by atomic mass is 9.73. The van der Waals surface area contributed by atoms with E-state index in [4.69, 9.17) is 37.9 Å². The van der Waals surface area contributed by atoms with E-state index in [1.807, 2.05) is 24.3 Å². The zero-order valence-corrected chi connectivity index (χ0v) is 37.1. The summed E-state index contributed by atoms with van der Waals surface area (Å²) in [5.74, 6) is -2.12. The maximum Gasteiger partial charge on any atom is 0.338 e. The summed E-state index contributed by atoms with van der Waals surface area (Å²) in [5.41, 5.74) is 5.15. The number of rotatable bonds is 16. The monoisotopic (exact) mass is 912 g/mol. The van der Waals surface area contributed by atoms with Gasteiger partial charge in [0.2, 0.25) is 13.6 Å². The van der Waals surface area contributed by atoms with Crippen molar-refractivity contribution >= 4 is 35.8 Å². The lowest BCUT2D eigenvalue weighted by molar-refractivity contribution is -0.145. The van der Waals surface area contributed by atoms with Crippen LogP contribution in [0.15, 0.2) is 110 Å². The molecular formula is C53H52O14. The van der Waals surface area contributed by atoms with E-state index in [1.54, 1.807) is 48.5 Å². The molecule has 8 rings (SSSR count). The topological polar surface area (TPSA) is 176 Å². The minimum Gasteiger partial charge on any atom is -0.459 e. The van der Waals surface area contributed by atoms with Gasteiger partial charge in [0.25, 0.3) is 0 Å². The Balaban J connectivity index is 0.846. The molecule has 2 saturated carbocycles. The van der Waals surface area contributed by atoms with E-state index in [-0.39, 0.29) is 38.0 Å². The molecule has 348 valence electrons. The Bertz CT molecular complexity index is 2330. The highest BCUT2D eigenvalue weighted by Gasteiger charge is 2.49. The molecular weight excluding hydrogens is 861 g/mol. The molecule has 4 aromatic rings. The number of ether oxygens (including phenoxy) is 8. The Morgan fingerprint density at radius 1 is 0.478 bits per heavy atom. The molecule has 0 atom stereocenters. The normalized spacial score (nSPS) is 21.4. The van der Waals surface area contributed by atoms with Crippen molar-refractivity contribution in [1.29, 1.82) is 0 Å². The first-order valence-corrected chi connectivity index (χ1v) is 22.7. The summed E-state index contributed by atoms with van der Waals surface area (Å²) in [6, 6.07) is 24.2. The summed E-state index contributed by atoms with van der Waals surface area (Å²) in [6.45, 7) is 6.09. The van der Waals surface area contributed by atoms with Gasteiger partial charge in [-0.3, -0.25) is 0 Å². The Morgan fingerprint density at radius 2 is 0.821 bits per heavy atom. The van der Waals surface area contributed by atoms with Crippen LogP contribution in [0.1, 0.15) is 128 Å². The fourth-order valence-electron chi connectivity index (χ4n) is 9.74. The van der Waals surface area contributed by atoms with Crippen molar-refractivity contribution < 1.29 is 66.7 Å². The molecule has 14 nitrogen and oxygen atoms in total. The van der Waals surface area contributed by atoms with Crippen LogP contribution in [0.3, 0.4) is 0 Å². The van der Waals surface area contributed by atoms with Crippen LogP contribution in [0, 0.1) is 0 Å². The maximum atomic E-state index is 14.2. The number of hydrogen-bond acceptors (Lipinski definition) is 14. The van der Waals surface area contributed by atoms with Gasteiger partial charge in [-0.1, -0.05) is 37.4 Å². The minimum absolute atomic E-state index is 0.284. The van der Waals surface area contributed by atoms with Crippen LogP contribution in [0.4, 0.5) is 0 Å². The number of carbonyl (C=O) groups is 6. The van der Waals surface area contributed by atoms with E-state index in [9.17, 15) is 28.8 Å². The molecule has 0 bridgehead atoms. The van der Waals surface area contributed by atoms with Crippen molar-refractivity contribution in [3.63, 3.8) is 0 Å². The molecule has 0 radical (unpaired) electrons. The van der Waals surface area contributed by atoms with Gasteiger partial charge in [0.15, 0.2) is 0 Å². The Morgan fingerprint density at radius 3 is 1.16 bits per heavy atom. The molecule has 14 heteroatoms. The van der Waals surface area contributed by atoms with Gasteiger partial charge in [-0.15, -0.1) is 0 Å². The number of carbonyl (C=O) groups excluding carboxylic acids is 6. The zero-order valence-electron chi connectivity index (χ0n) is 37.1. The van der Waals surface area contributed by atoms with Crippen molar-refractivity contribution in [3.8, 4) is 11.5 Å².